The van der Waals surface area contributed by atoms with E-state index in [2.05, 4.69) is 6.92 Å². The SMILES string of the molecule is CCCCCCCCCCCC(O)CC(=O)On1c(O)ccc1O. The van der Waals surface area contributed by atoms with Crippen LogP contribution in [0.4, 0.5) is 0 Å². The molecule has 138 valence electrons. The third kappa shape index (κ3) is 8.24. The molecule has 24 heavy (non-hydrogen) atoms. The molecule has 0 radical (unpaired) electrons. The summed E-state index contributed by atoms with van der Waals surface area (Å²) >= 11 is 0. The molecular formula is C18H31NO5. The minimum absolute atomic E-state index is 0.159. The van der Waals surface area contributed by atoms with E-state index in [9.17, 15) is 20.1 Å². The Kier molecular flexibility index (Phi) is 10.00. The van der Waals surface area contributed by atoms with Crippen LogP contribution in [-0.2, 0) is 4.79 Å². The quantitative estimate of drug-likeness (QED) is 0.477. The monoisotopic (exact) mass is 341 g/mol. The van der Waals surface area contributed by atoms with E-state index in [1.54, 1.807) is 0 Å². The zero-order valence-electron chi connectivity index (χ0n) is 14.6. The van der Waals surface area contributed by atoms with Crippen molar-refractivity contribution in [2.45, 2.75) is 83.7 Å². The Hall–Kier alpha value is -1.69. The molecular weight excluding hydrogens is 310 g/mol. The number of carbonyl (C=O) groups is 1. The number of hydrogen-bond donors (Lipinski definition) is 3. The molecule has 0 aromatic carbocycles. The van der Waals surface area contributed by atoms with Crippen LogP contribution in [0.25, 0.3) is 0 Å². The summed E-state index contributed by atoms with van der Waals surface area (Å²) in [4.78, 5) is 16.5. The molecule has 6 heteroatoms. The van der Waals surface area contributed by atoms with Crippen LogP contribution in [0.15, 0.2) is 12.1 Å². The highest BCUT2D eigenvalue weighted by Gasteiger charge is 2.16. The molecule has 3 N–H and O–H groups in total. The van der Waals surface area contributed by atoms with Gasteiger partial charge in [0.2, 0.25) is 11.8 Å². The van der Waals surface area contributed by atoms with Crippen LogP contribution < -0.4 is 4.84 Å². The lowest BCUT2D eigenvalue weighted by molar-refractivity contribution is -0.147. The summed E-state index contributed by atoms with van der Waals surface area (Å²) < 4.78 is 0.633. The summed E-state index contributed by atoms with van der Waals surface area (Å²) in [5.41, 5.74) is 0. The summed E-state index contributed by atoms with van der Waals surface area (Å²) in [7, 11) is 0. The lowest BCUT2D eigenvalue weighted by Crippen LogP contribution is -2.23. The predicted molar refractivity (Wildman–Crippen MR) is 91.8 cm³/mol. The standard InChI is InChI=1S/C18H31NO5/c1-2-3-4-5-6-7-8-9-10-11-15(20)14-18(23)24-19-16(21)12-13-17(19)22/h12-13,15,20-22H,2-11,14H2,1H3. The van der Waals surface area contributed by atoms with Crippen molar-refractivity contribution in [1.29, 1.82) is 0 Å². The first-order valence-corrected chi connectivity index (χ1v) is 9.03. The summed E-state index contributed by atoms with van der Waals surface area (Å²) in [6, 6.07) is 2.42. The number of rotatable bonds is 13. The van der Waals surface area contributed by atoms with E-state index in [0.29, 0.717) is 11.2 Å². The number of aromatic hydroxyl groups is 2. The summed E-state index contributed by atoms with van der Waals surface area (Å²) in [6.07, 6.45) is 10.4. The van der Waals surface area contributed by atoms with Crippen molar-refractivity contribution in [3.05, 3.63) is 12.1 Å². The molecule has 1 atom stereocenters. The fraction of sp³-hybridized carbons (Fsp3) is 0.722. The number of nitrogens with zero attached hydrogens (tertiary/aromatic N) is 1. The van der Waals surface area contributed by atoms with E-state index in [1.165, 1.54) is 50.7 Å². The summed E-state index contributed by atoms with van der Waals surface area (Å²) in [5.74, 6) is -1.43. The van der Waals surface area contributed by atoms with Crippen molar-refractivity contribution in [3.8, 4) is 11.8 Å². The maximum Gasteiger partial charge on any atom is 0.335 e. The normalized spacial score (nSPS) is 12.2. The van der Waals surface area contributed by atoms with Gasteiger partial charge in [0.15, 0.2) is 0 Å². The Bertz CT molecular complexity index is 452. The zero-order valence-corrected chi connectivity index (χ0v) is 14.6. The first-order chi connectivity index (χ1) is 11.5. The van der Waals surface area contributed by atoms with Gasteiger partial charge in [0.25, 0.3) is 0 Å². The van der Waals surface area contributed by atoms with Gasteiger partial charge < -0.3 is 20.2 Å². The van der Waals surface area contributed by atoms with Gasteiger partial charge in [0, 0.05) is 12.1 Å². The van der Waals surface area contributed by atoms with Gasteiger partial charge in [-0.1, -0.05) is 64.7 Å². The largest absolute Gasteiger partial charge is 0.492 e. The molecule has 0 aliphatic heterocycles. The van der Waals surface area contributed by atoms with Gasteiger partial charge in [0.05, 0.1) is 12.5 Å². The van der Waals surface area contributed by atoms with E-state index >= 15 is 0 Å². The Labute approximate surface area is 144 Å². The molecule has 0 spiro atoms. The molecule has 0 aliphatic carbocycles. The number of aromatic nitrogens is 1. The molecule has 0 aliphatic rings. The Morgan fingerprint density at radius 3 is 2.04 bits per heavy atom. The molecule has 6 nitrogen and oxygen atoms in total. The minimum atomic E-state index is -0.762. The number of aliphatic hydroxyl groups excluding tert-OH is 1. The smallest absolute Gasteiger partial charge is 0.335 e. The van der Waals surface area contributed by atoms with E-state index in [4.69, 9.17) is 4.84 Å². The molecule has 0 bridgehead atoms. The maximum absolute atomic E-state index is 11.7. The Morgan fingerprint density at radius 2 is 1.50 bits per heavy atom. The average molecular weight is 341 g/mol. The molecule has 0 amide bonds. The third-order valence-corrected chi connectivity index (χ3v) is 4.03. The first-order valence-electron chi connectivity index (χ1n) is 9.03. The van der Waals surface area contributed by atoms with E-state index < -0.39 is 12.1 Å². The van der Waals surface area contributed by atoms with Crippen LogP contribution in [0.1, 0.15) is 77.6 Å². The van der Waals surface area contributed by atoms with Crippen LogP contribution >= 0.6 is 0 Å². The molecule has 1 rings (SSSR count). The van der Waals surface area contributed by atoms with Crippen molar-refractivity contribution in [3.63, 3.8) is 0 Å². The molecule has 1 heterocycles. The highest BCUT2D eigenvalue weighted by atomic mass is 16.7. The average Bonchev–Trinajstić information content (AvgIpc) is 2.85. The Balaban J connectivity index is 2.05. The van der Waals surface area contributed by atoms with Crippen LogP contribution in [-0.4, -0.2) is 32.1 Å². The molecule has 0 saturated carbocycles. The summed E-state index contributed by atoms with van der Waals surface area (Å²) in [6.45, 7) is 2.21. The lowest BCUT2D eigenvalue weighted by atomic mass is 10.0. The van der Waals surface area contributed by atoms with Crippen molar-refractivity contribution < 1.29 is 25.0 Å². The molecule has 1 unspecified atom stereocenters. The second-order valence-corrected chi connectivity index (χ2v) is 6.28. The molecule has 1 aromatic rings. The summed E-state index contributed by atoms with van der Waals surface area (Å²) in [5, 5.41) is 28.6. The molecule has 0 saturated heterocycles. The van der Waals surface area contributed by atoms with Crippen molar-refractivity contribution >= 4 is 5.97 Å². The zero-order chi connectivity index (χ0) is 17.8. The van der Waals surface area contributed by atoms with E-state index in [1.807, 2.05) is 0 Å². The highest BCUT2D eigenvalue weighted by molar-refractivity contribution is 5.70. The fourth-order valence-electron chi connectivity index (χ4n) is 2.62. The first kappa shape index (κ1) is 20.4. The van der Waals surface area contributed by atoms with Crippen LogP contribution in [0.2, 0.25) is 0 Å². The van der Waals surface area contributed by atoms with Gasteiger partial charge in [-0.2, -0.15) is 0 Å². The maximum atomic E-state index is 11.7. The van der Waals surface area contributed by atoms with Crippen molar-refractivity contribution in [2.75, 3.05) is 0 Å². The topological polar surface area (TPSA) is 91.9 Å². The predicted octanol–water partition coefficient (Wildman–Crippen LogP) is 3.53. The van der Waals surface area contributed by atoms with Crippen LogP contribution in [0.3, 0.4) is 0 Å². The van der Waals surface area contributed by atoms with Crippen LogP contribution in [0, 0.1) is 0 Å². The van der Waals surface area contributed by atoms with Gasteiger partial charge >= 0.3 is 5.97 Å². The third-order valence-electron chi connectivity index (χ3n) is 4.03. The number of hydrogen-bond acceptors (Lipinski definition) is 5. The van der Waals surface area contributed by atoms with Gasteiger partial charge in [-0.15, -0.1) is 4.73 Å². The highest BCUT2D eigenvalue weighted by Crippen LogP contribution is 2.19. The molecule has 0 fully saturated rings. The fourth-order valence-corrected chi connectivity index (χ4v) is 2.62. The lowest BCUT2D eigenvalue weighted by Gasteiger charge is -2.11. The van der Waals surface area contributed by atoms with Crippen molar-refractivity contribution in [1.82, 2.24) is 4.73 Å². The van der Waals surface area contributed by atoms with Gasteiger partial charge in [-0.05, 0) is 6.42 Å². The molecule has 1 aromatic heterocycles. The van der Waals surface area contributed by atoms with Gasteiger partial charge in [-0.25, -0.2) is 4.79 Å². The second kappa shape index (κ2) is 11.8. The second-order valence-electron chi connectivity index (χ2n) is 6.28. The Morgan fingerprint density at radius 1 is 1.00 bits per heavy atom. The number of carbonyl (C=O) groups excluding carboxylic acids is 1. The van der Waals surface area contributed by atoms with Gasteiger partial charge in [0.1, 0.15) is 0 Å². The van der Waals surface area contributed by atoms with E-state index in [0.717, 1.165) is 19.3 Å². The minimum Gasteiger partial charge on any atom is -0.492 e. The van der Waals surface area contributed by atoms with Gasteiger partial charge in [-0.3, -0.25) is 0 Å². The van der Waals surface area contributed by atoms with E-state index in [-0.39, 0.29) is 18.2 Å². The van der Waals surface area contributed by atoms with Crippen molar-refractivity contribution in [2.24, 2.45) is 0 Å². The van der Waals surface area contributed by atoms with Crippen LogP contribution in [0.5, 0.6) is 11.8 Å². The number of aliphatic hydroxyl groups is 1. The number of unbranched alkanes of at least 4 members (excludes halogenated alkanes) is 8.